The van der Waals surface area contributed by atoms with Crippen LogP contribution in [0, 0.1) is 0 Å². The van der Waals surface area contributed by atoms with Crippen molar-refractivity contribution in [3.63, 3.8) is 0 Å². The summed E-state index contributed by atoms with van der Waals surface area (Å²) in [7, 11) is 1.29. The van der Waals surface area contributed by atoms with Crippen LogP contribution in [0.3, 0.4) is 0 Å². The van der Waals surface area contributed by atoms with Gasteiger partial charge in [-0.1, -0.05) is 25.1 Å². The number of methoxy groups -OCH3 is 1. The van der Waals surface area contributed by atoms with Crippen LogP contribution in [0.1, 0.15) is 54.8 Å². The van der Waals surface area contributed by atoms with Gasteiger partial charge >= 0.3 is 5.97 Å². The Morgan fingerprint density at radius 2 is 2.03 bits per heavy atom. The van der Waals surface area contributed by atoms with Gasteiger partial charge in [-0.15, -0.1) is 10.2 Å². The number of aromatic amines is 1. The Balaban J connectivity index is 1.79. The second-order valence-electron chi connectivity index (χ2n) is 7.70. The van der Waals surface area contributed by atoms with Gasteiger partial charge in [0.15, 0.2) is 17.0 Å². The molecule has 0 aliphatic heterocycles. The number of carbonyl (C=O) groups is 1. The number of nitrogens with one attached hydrogen (secondary N) is 1. The minimum absolute atomic E-state index is 0.125. The summed E-state index contributed by atoms with van der Waals surface area (Å²) in [5.74, 6) is 1.18. The lowest BCUT2D eigenvalue weighted by Gasteiger charge is -2.12. The van der Waals surface area contributed by atoms with Crippen molar-refractivity contribution in [2.24, 2.45) is 0 Å². The summed E-state index contributed by atoms with van der Waals surface area (Å²) in [6.07, 6.45) is 3.76. The van der Waals surface area contributed by atoms with E-state index < -0.39 is 5.97 Å². The first-order valence-corrected chi connectivity index (χ1v) is 11.2. The molecule has 11 heteroatoms. The summed E-state index contributed by atoms with van der Waals surface area (Å²) in [4.78, 5) is 32.3. The molecule has 4 aromatic rings. The first-order valence-electron chi connectivity index (χ1n) is 11.2. The summed E-state index contributed by atoms with van der Waals surface area (Å²) < 4.78 is 13.7. The molecule has 178 valence electrons. The zero-order valence-electron chi connectivity index (χ0n) is 19.7. The molecule has 0 fully saturated rings. The molecule has 0 aliphatic carbocycles. The lowest BCUT2D eigenvalue weighted by Crippen LogP contribution is -2.16. The minimum atomic E-state index is -0.552. The van der Waals surface area contributed by atoms with Crippen LogP contribution in [0.4, 0.5) is 0 Å². The molecule has 3 aromatic heterocycles. The van der Waals surface area contributed by atoms with Crippen molar-refractivity contribution in [2.75, 3.05) is 13.7 Å². The van der Waals surface area contributed by atoms with E-state index in [2.05, 4.69) is 31.9 Å². The Hall–Kier alpha value is -4.02. The van der Waals surface area contributed by atoms with Crippen LogP contribution in [0.15, 0.2) is 29.2 Å². The Morgan fingerprint density at radius 1 is 1.21 bits per heavy atom. The van der Waals surface area contributed by atoms with Gasteiger partial charge in [0, 0.05) is 6.42 Å². The molecule has 3 heterocycles. The summed E-state index contributed by atoms with van der Waals surface area (Å²) in [5, 5.41) is 12.6. The molecule has 1 N–H and O–H groups in total. The molecular formula is C23H27N7O4. The fourth-order valence-electron chi connectivity index (χ4n) is 3.79. The number of hydrogen-bond donors (Lipinski definition) is 1. The quantitative estimate of drug-likeness (QED) is 0.373. The third-order valence-electron chi connectivity index (χ3n) is 5.33. The van der Waals surface area contributed by atoms with Crippen molar-refractivity contribution in [2.45, 2.75) is 46.6 Å². The number of rotatable bonds is 9. The topological polar surface area (TPSA) is 129 Å². The normalized spacial score (nSPS) is 11.2. The van der Waals surface area contributed by atoms with E-state index in [4.69, 9.17) is 9.84 Å². The van der Waals surface area contributed by atoms with Crippen molar-refractivity contribution < 1.29 is 14.3 Å². The molecule has 0 radical (unpaired) electrons. The third-order valence-corrected chi connectivity index (χ3v) is 5.33. The van der Waals surface area contributed by atoms with Crippen molar-refractivity contribution >= 4 is 11.5 Å². The van der Waals surface area contributed by atoms with Crippen LogP contribution in [-0.4, -0.2) is 54.3 Å². The number of fused-ring (bicyclic) bond motifs is 1. The standard InChI is InChI=1S/C23H27N7O4/c1-5-8-19-24-16(6-2)20-22(31)25-21(27-30(19)20)15-11-14(9-10-18(15)34-7-3)12-29-13-17(26-28-29)23(32)33-4/h9-11,13H,5-8,12H2,1-4H3,(H,25,27,31). The predicted molar refractivity (Wildman–Crippen MR) is 124 cm³/mol. The Morgan fingerprint density at radius 3 is 2.74 bits per heavy atom. The van der Waals surface area contributed by atoms with Crippen molar-refractivity contribution in [1.82, 2.24) is 34.6 Å². The SMILES string of the molecule is CCCc1nc(CC)c2c(=O)[nH]c(-c3cc(Cn4cc(C(=O)OC)nn4)ccc3OCC)nn12. The van der Waals surface area contributed by atoms with Gasteiger partial charge in [0.1, 0.15) is 11.6 Å². The average molecular weight is 466 g/mol. The van der Waals surface area contributed by atoms with Gasteiger partial charge in [-0.3, -0.25) is 4.79 Å². The third kappa shape index (κ3) is 4.41. The number of benzene rings is 1. The van der Waals surface area contributed by atoms with E-state index >= 15 is 0 Å². The van der Waals surface area contributed by atoms with Crippen LogP contribution < -0.4 is 10.3 Å². The van der Waals surface area contributed by atoms with Gasteiger partial charge < -0.3 is 14.5 Å². The van der Waals surface area contributed by atoms with Gasteiger partial charge in [0.05, 0.1) is 37.7 Å². The number of hydrogen-bond acceptors (Lipinski definition) is 8. The number of imidazole rings is 1. The average Bonchev–Trinajstić information content (AvgIpc) is 3.45. The highest BCUT2D eigenvalue weighted by Gasteiger charge is 2.18. The fraction of sp³-hybridized carbons (Fsp3) is 0.391. The molecule has 4 rings (SSSR count). The van der Waals surface area contributed by atoms with E-state index in [-0.39, 0.29) is 11.3 Å². The fourth-order valence-corrected chi connectivity index (χ4v) is 3.79. The maximum absolute atomic E-state index is 13.0. The number of ether oxygens (including phenoxy) is 2. The van der Waals surface area contributed by atoms with Gasteiger partial charge in [0.2, 0.25) is 0 Å². The second-order valence-corrected chi connectivity index (χ2v) is 7.70. The van der Waals surface area contributed by atoms with E-state index in [1.807, 2.05) is 32.0 Å². The monoisotopic (exact) mass is 465 g/mol. The molecule has 34 heavy (non-hydrogen) atoms. The molecule has 0 saturated heterocycles. The largest absolute Gasteiger partial charge is 0.493 e. The molecule has 11 nitrogen and oxygen atoms in total. The highest BCUT2D eigenvalue weighted by molar-refractivity contribution is 5.86. The van der Waals surface area contributed by atoms with E-state index in [1.54, 1.807) is 4.52 Å². The maximum Gasteiger partial charge on any atom is 0.360 e. The van der Waals surface area contributed by atoms with E-state index in [9.17, 15) is 9.59 Å². The van der Waals surface area contributed by atoms with Crippen LogP contribution in [0.5, 0.6) is 5.75 Å². The van der Waals surface area contributed by atoms with Crippen molar-refractivity contribution in [3.05, 3.63) is 57.5 Å². The highest BCUT2D eigenvalue weighted by atomic mass is 16.5. The van der Waals surface area contributed by atoms with Crippen molar-refractivity contribution in [1.29, 1.82) is 0 Å². The van der Waals surface area contributed by atoms with Gasteiger partial charge in [-0.2, -0.15) is 0 Å². The lowest BCUT2D eigenvalue weighted by atomic mass is 10.1. The number of esters is 1. The Kier molecular flexibility index (Phi) is 6.71. The predicted octanol–water partition coefficient (Wildman–Crippen LogP) is 2.42. The van der Waals surface area contributed by atoms with Gasteiger partial charge in [-0.25, -0.2) is 19.0 Å². The smallest absolute Gasteiger partial charge is 0.360 e. The van der Waals surface area contributed by atoms with Crippen molar-refractivity contribution in [3.8, 4) is 17.1 Å². The van der Waals surface area contributed by atoms with Gasteiger partial charge in [-0.05, 0) is 37.5 Å². The van der Waals surface area contributed by atoms with Crippen LogP contribution in [-0.2, 0) is 24.1 Å². The first-order chi connectivity index (χ1) is 16.5. The summed E-state index contributed by atoms with van der Waals surface area (Å²) in [6.45, 7) is 6.73. The summed E-state index contributed by atoms with van der Waals surface area (Å²) >= 11 is 0. The number of carbonyl (C=O) groups excluding carboxylic acids is 1. The van der Waals surface area contributed by atoms with E-state index in [0.717, 1.165) is 23.5 Å². The molecular weight excluding hydrogens is 438 g/mol. The molecule has 0 aliphatic rings. The lowest BCUT2D eigenvalue weighted by molar-refractivity contribution is 0.0594. The zero-order chi connectivity index (χ0) is 24.2. The van der Waals surface area contributed by atoms with Crippen LogP contribution >= 0.6 is 0 Å². The summed E-state index contributed by atoms with van der Waals surface area (Å²) in [5.41, 5.74) is 2.58. The maximum atomic E-state index is 13.0. The molecule has 0 bridgehead atoms. The number of nitrogens with zero attached hydrogens (tertiary/aromatic N) is 6. The molecule has 0 atom stereocenters. The highest BCUT2D eigenvalue weighted by Crippen LogP contribution is 2.29. The molecule has 0 unspecified atom stereocenters. The second kappa shape index (κ2) is 9.86. The van der Waals surface area contributed by atoms with Gasteiger partial charge in [0.25, 0.3) is 5.56 Å². The Labute approximate surface area is 195 Å². The molecule has 0 saturated carbocycles. The number of H-pyrrole nitrogens is 1. The van der Waals surface area contributed by atoms with Crippen LogP contribution in [0.2, 0.25) is 0 Å². The number of aromatic nitrogens is 7. The molecule has 0 amide bonds. The summed E-state index contributed by atoms with van der Waals surface area (Å²) in [6, 6.07) is 5.60. The zero-order valence-corrected chi connectivity index (χ0v) is 19.7. The van der Waals surface area contributed by atoms with Crippen LogP contribution in [0.25, 0.3) is 16.9 Å². The van der Waals surface area contributed by atoms with E-state index in [1.165, 1.54) is 18.0 Å². The minimum Gasteiger partial charge on any atom is -0.493 e. The Bertz CT molecular complexity index is 1390. The molecule has 0 spiro atoms. The van der Waals surface area contributed by atoms with E-state index in [0.29, 0.717) is 48.6 Å². The molecule has 1 aromatic carbocycles. The first kappa shape index (κ1) is 23.1. The number of aryl methyl sites for hydroxylation is 2.